The smallest absolute Gasteiger partial charge is 0.304 e. The fraction of sp³-hybridized carbons (Fsp3) is 0.462. The molecular formula is C13H18FNO2. The monoisotopic (exact) mass is 239 g/mol. The van der Waals surface area contributed by atoms with Crippen LogP contribution in [0.2, 0.25) is 0 Å². The van der Waals surface area contributed by atoms with Gasteiger partial charge in [0, 0.05) is 18.2 Å². The lowest BCUT2D eigenvalue weighted by Crippen LogP contribution is -2.29. The van der Waals surface area contributed by atoms with E-state index >= 15 is 0 Å². The van der Waals surface area contributed by atoms with Gasteiger partial charge < -0.3 is 5.11 Å². The molecule has 4 heteroatoms. The lowest BCUT2D eigenvalue weighted by Gasteiger charge is -2.27. The second-order valence-electron chi connectivity index (χ2n) is 3.97. The molecule has 0 heterocycles. The van der Waals surface area contributed by atoms with Crippen LogP contribution < -0.4 is 0 Å². The van der Waals surface area contributed by atoms with E-state index in [-0.39, 0.29) is 18.3 Å². The van der Waals surface area contributed by atoms with Crippen molar-refractivity contribution in [1.82, 2.24) is 4.90 Å². The van der Waals surface area contributed by atoms with Gasteiger partial charge in [0.25, 0.3) is 0 Å². The lowest BCUT2D eigenvalue weighted by molar-refractivity contribution is -0.137. The number of hydrogen-bond acceptors (Lipinski definition) is 2. The summed E-state index contributed by atoms with van der Waals surface area (Å²) in [5.41, 5.74) is 0.611. The Morgan fingerprint density at radius 1 is 1.47 bits per heavy atom. The first-order chi connectivity index (χ1) is 8.06. The molecule has 1 rings (SSSR count). The number of rotatable bonds is 6. The topological polar surface area (TPSA) is 40.5 Å². The van der Waals surface area contributed by atoms with E-state index in [0.717, 1.165) is 0 Å². The Hall–Kier alpha value is -1.42. The SMILES string of the molecule is CCN(CCC(=O)O)C(C)c1ccccc1F. The Morgan fingerprint density at radius 3 is 2.65 bits per heavy atom. The van der Waals surface area contributed by atoms with Gasteiger partial charge in [-0.25, -0.2) is 4.39 Å². The van der Waals surface area contributed by atoms with E-state index in [0.29, 0.717) is 18.7 Å². The molecule has 0 saturated carbocycles. The van der Waals surface area contributed by atoms with E-state index < -0.39 is 5.97 Å². The summed E-state index contributed by atoms with van der Waals surface area (Å²) in [5.74, 6) is -1.07. The molecule has 0 aliphatic rings. The van der Waals surface area contributed by atoms with Crippen molar-refractivity contribution in [3.8, 4) is 0 Å². The zero-order valence-corrected chi connectivity index (χ0v) is 10.2. The van der Waals surface area contributed by atoms with E-state index in [1.807, 2.05) is 18.7 Å². The maximum absolute atomic E-state index is 13.6. The van der Waals surface area contributed by atoms with Gasteiger partial charge in [0.1, 0.15) is 5.82 Å². The summed E-state index contributed by atoms with van der Waals surface area (Å²) >= 11 is 0. The molecule has 0 amide bonds. The van der Waals surface area contributed by atoms with Crippen molar-refractivity contribution in [3.63, 3.8) is 0 Å². The number of hydrogen-bond donors (Lipinski definition) is 1. The van der Waals surface area contributed by atoms with Gasteiger partial charge in [-0.15, -0.1) is 0 Å². The van der Waals surface area contributed by atoms with Gasteiger partial charge in [0.15, 0.2) is 0 Å². The summed E-state index contributed by atoms with van der Waals surface area (Å²) < 4.78 is 13.6. The van der Waals surface area contributed by atoms with Crippen LogP contribution in [-0.2, 0) is 4.79 Å². The van der Waals surface area contributed by atoms with Crippen LogP contribution in [0.25, 0.3) is 0 Å². The predicted octanol–water partition coefficient (Wildman–Crippen LogP) is 2.68. The molecule has 94 valence electrons. The third kappa shape index (κ3) is 3.82. The summed E-state index contributed by atoms with van der Waals surface area (Å²) in [6.07, 6.45) is 0.0760. The number of carbonyl (C=O) groups is 1. The van der Waals surface area contributed by atoms with Crippen LogP contribution in [0, 0.1) is 5.82 Å². The molecule has 17 heavy (non-hydrogen) atoms. The van der Waals surface area contributed by atoms with Crippen LogP contribution in [0.4, 0.5) is 4.39 Å². The Bertz CT molecular complexity index is 381. The highest BCUT2D eigenvalue weighted by atomic mass is 19.1. The van der Waals surface area contributed by atoms with Crippen molar-refractivity contribution < 1.29 is 14.3 Å². The second kappa shape index (κ2) is 6.35. The molecule has 0 saturated heterocycles. The van der Waals surface area contributed by atoms with Gasteiger partial charge in [0.05, 0.1) is 6.42 Å². The van der Waals surface area contributed by atoms with Gasteiger partial charge in [-0.3, -0.25) is 9.69 Å². The Kier molecular flexibility index (Phi) is 5.10. The minimum atomic E-state index is -0.829. The zero-order chi connectivity index (χ0) is 12.8. The Balaban J connectivity index is 2.75. The average molecular weight is 239 g/mol. The highest BCUT2D eigenvalue weighted by Crippen LogP contribution is 2.22. The van der Waals surface area contributed by atoms with E-state index in [1.54, 1.807) is 18.2 Å². The van der Waals surface area contributed by atoms with Gasteiger partial charge in [-0.2, -0.15) is 0 Å². The van der Waals surface area contributed by atoms with Crippen LogP contribution in [0.3, 0.4) is 0 Å². The third-order valence-corrected chi connectivity index (χ3v) is 2.92. The molecular weight excluding hydrogens is 221 g/mol. The number of nitrogens with zero attached hydrogens (tertiary/aromatic N) is 1. The fourth-order valence-electron chi connectivity index (χ4n) is 1.88. The number of carboxylic acids is 1. The molecule has 0 aliphatic carbocycles. The van der Waals surface area contributed by atoms with Gasteiger partial charge >= 0.3 is 5.97 Å². The van der Waals surface area contributed by atoms with Gasteiger partial charge in [-0.1, -0.05) is 25.1 Å². The summed E-state index contributed by atoms with van der Waals surface area (Å²) in [6, 6.07) is 6.50. The summed E-state index contributed by atoms with van der Waals surface area (Å²) in [4.78, 5) is 12.5. The quantitative estimate of drug-likeness (QED) is 0.829. The standard InChI is InChI=1S/C13H18FNO2/c1-3-15(9-8-13(16)17)10(2)11-6-4-5-7-12(11)14/h4-7,10H,3,8-9H2,1-2H3,(H,16,17). The molecule has 3 nitrogen and oxygen atoms in total. The fourth-order valence-corrected chi connectivity index (χ4v) is 1.88. The number of carboxylic acid groups (broad SMARTS) is 1. The summed E-state index contributed by atoms with van der Waals surface area (Å²) in [6.45, 7) is 4.97. The van der Waals surface area contributed by atoms with Crippen molar-refractivity contribution in [2.24, 2.45) is 0 Å². The summed E-state index contributed by atoms with van der Waals surface area (Å²) in [7, 11) is 0. The van der Waals surface area contributed by atoms with Crippen molar-refractivity contribution in [2.45, 2.75) is 26.3 Å². The minimum absolute atomic E-state index is 0.0760. The van der Waals surface area contributed by atoms with Crippen molar-refractivity contribution >= 4 is 5.97 Å². The van der Waals surface area contributed by atoms with Gasteiger partial charge in [0.2, 0.25) is 0 Å². The molecule has 0 radical (unpaired) electrons. The maximum atomic E-state index is 13.6. The lowest BCUT2D eigenvalue weighted by atomic mass is 10.1. The maximum Gasteiger partial charge on any atom is 0.304 e. The van der Waals surface area contributed by atoms with Crippen molar-refractivity contribution in [2.75, 3.05) is 13.1 Å². The van der Waals surface area contributed by atoms with E-state index in [4.69, 9.17) is 5.11 Å². The number of aliphatic carboxylic acids is 1. The molecule has 1 atom stereocenters. The summed E-state index contributed by atoms with van der Waals surface area (Å²) in [5, 5.41) is 8.66. The van der Waals surface area contributed by atoms with Crippen LogP contribution >= 0.6 is 0 Å². The van der Waals surface area contributed by atoms with Crippen molar-refractivity contribution in [3.05, 3.63) is 35.6 Å². The molecule has 0 bridgehead atoms. The molecule has 1 aromatic carbocycles. The Morgan fingerprint density at radius 2 is 2.12 bits per heavy atom. The van der Waals surface area contributed by atoms with E-state index in [9.17, 15) is 9.18 Å². The zero-order valence-electron chi connectivity index (χ0n) is 10.2. The van der Waals surface area contributed by atoms with Crippen LogP contribution in [-0.4, -0.2) is 29.1 Å². The highest BCUT2D eigenvalue weighted by molar-refractivity contribution is 5.66. The first kappa shape index (κ1) is 13.6. The number of halogens is 1. The van der Waals surface area contributed by atoms with Gasteiger partial charge in [-0.05, 0) is 19.5 Å². The highest BCUT2D eigenvalue weighted by Gasteiger charge is 2.17. The van der Waals surface area contributed by atoms with Crippen LogP contribution in [0.1, 0.15) is 31.9 Å². The van der Waals surface area contributed by atoms with Crippen LogP contribution in [0.5, 0.6) is 0 Å². The normalized spacial score (nSPS) is 12.7. The molecule has 0 spiro atoms. The van der Waals surface area contributed by atoms with Crippen LogP contribution in [0.15, 0.2) is 24.3 Å². The first-order valence-electron chi connectivity index (χ1n) is 5.76. The average Bonchev–Trinajstić information content (AvgIpc) is 2.29. The molecule has 0 aliphatic heterocycles. The molecule has 0 aromatic heterocycles. The molecule has 1 unspecified atom stereocenters. The first-order valence-corrected chi connectivity index (χ1v) is 5.76. The van der Waals surface area contributed by atoms with Crippen molar-refractivity contribution in [1.29, 1.82) is 0 Å². The Labute approximate surface area is 101 Å². The molecule has 0 fully saturated rings. The predicted molar refractivity (Wildman–Crippen MR) is 64.3 cm³/mol. The number of benzene rings is 1. The van der Waals surface area contributed by atoms with E-state index in [1.165, 1.54) is 6.07 Å². The van der Waals surface area contributed by atoms with E-state index in [2.05, 4.69) is 0 Å². The molecule has 1 aromatic rings. The third-order valence-electron chi connectivity index (χ3n) is 2.92. The largest absolute Gasteiger partial charge is 0.481 e. The molecule has 1 N–H and O–H groups in total. The minimum Gasteiger partial charge on any atom is -0.481 e. The second-order valence-corrected chi connectivity index (χ2v) is 3.97.